The van der Waals surface area contributed by atoms with E-state index in [1.54, 1.807) is 0 Å². The lowest BCUT2D eigenvalue weighted by atomic mass is 9.91. The van der Waals surface area contributed by atoms with E-state index in [0.717, 1.165) is 12.0 Å². The van der Waals surface area contributed by atoms with Crippen LogP contribution in [0.1, 0.15) is 13.3 Å². The van der Waals surface area contributed by atoms with Gasteiger partial charge < -0.3 is 5.32 Å². The van der Waals surface area contributed by atoms with Crippen molar-refractivity contribution >= 4 is 0 Å². The molecule has 1 N–H and O–H groups in total. The summed E-state index contributed by atoms with van der Waals surface area (Å²) in [5.41, 5.74) is 1.12. The summed E-state index contributed by atoms with van der Waals surface area (Å²) in [6.07, 6.45) is 7.12. The number of rotatable bonds is 2. The van der Waals surface area contributed by atoms with Gasteiger partial charge in [-0.2, -0.15) is 0 Å². The SMILES string of the molecule is C=CC(=C)C1C=CNC(C)C1. The Morgan fingerprint density at radius 1 is 1.73 bits per heavy atom. The summed E-state index contributed by atoms with van der Waals surface area (Å²) in [5.74, 6) is 0.490. The molecule has 0 aromatic heterocycles. The van der Waals surface area contributed by atoms with Crippen LogP contribution in [0.4, 0.5) is 0 Å². The molecule has 11 heavy (non-hydrogen) atoms. The van der Waals surface area contributed by atoms with Crippen LogP contribution in [-0.2, 0) is 0 Å². The van der Waals surface area contributed by atoms with Gasteiger partial charge in [-0.25, -0.2) is 0 Å². The van der Waals surface area contributed by atoms with Crippen molar-refractivity contribution in [3.8, 4) is 0 Å². The minimum absolute atomic E-state index is 0.490. The number of hydrogen-bond donors (Lipinski definition) is 1. The second-order valence-corrected chi connectivity index (χ2v) is 3.05. The first-order chi connectivity index (χ1) is 5.24. The van der Waals surface area contributed by atoms with Gasteiger partial charge in [0.1, 0.15) is 0 Å². The van der Waals surface area contributed by atoms with Crippen LogP contribution in [0.3, 0.4) is 0 Å². The highest BCUT2D eigenvalue weighted by atomic mass is 14.9. The fourth-order valence-electron chi connectivity index (χ4n) is 1.29. The maximum atomic E-state index is 3.93. The smallest absolute Gasteiger partial charge is 0.0236 e. The summed E-state index contributed by atoms with van der Waals surface area (Å²) in [6.45, 7) is 9.81. The molecule has 0 spiro atoms. The first-order valence-electron chi connectivity index (χ1n) is 3.98. The molecule has 0 bridgehead atoms. The van der Waals surface area contributed by atoms with E-state index in [2.05, 4.69) is 31.5 Å². The first kappa shape index (κ1) is 8.12. The molecular weight excluding hydrogens is 134 g/mol. The normalized spacial score (nSPS) is 29.2. The van der Waals surface area contributed by atoms with Crippen molar-refractivity contribution < 1.29 is 0 Å². The maximum absolute atomic E-state index is 3.93. The van der Waals surface area contributed by atoms with E-state index in [0.29, 0.717) is 12.0 Å². The highest BCUT2D eigenvalue weighted by molar-refractivity contribution is 5.21. The third-order valence-electron chi connectivity index (χ3n) is 2.06. The molecule has 1 nitrogen and oxygen atoms in total. The Bertz CT molecular complexity index is 191. The second kappa shape index (κ2) is 3.42. The largest absolute Gasteiger partial charge is 0.389 e. The number of allylic oxidation sites excluding steroid dienone is 3. The molecule has 0 amide bonds. The number of hydrogen-bond acceptors (Lipinski definition) is 1. The molecule has 1 heterocycles. The van der Waals surface area contributed by atoms with E-state index < -0.39 is 0 Å². The molecule has 1 aliphatic rings. The predicted octanol–water partition coefficient (Wildman–Crippen LogP) is 2.24. The van der Waals surface area contributed by atoms with Crippen molar-refractivity contribution in [2.24, 2.45) is 5.92 Å². The standard InChI is InChI=1S/C10H15N/c1-4-8(2)10-5-6-11-9(3)7-10/h4-6,9-11H,1-2,7H2,3H3. The van der Waals surface area contributed by atoms with Crippen LogP contribution in [0.2, 0.25) is 0 Å². The van der Waals surface area contributed by atoms with Gasteiger partial charge in [0.15, 0.2) is 0 Å². The van der Waals surface area contributed by atoms with Crippen molar-refractivity contribution in [2.45, 2.75) is 19.4 Å². The Kier molecular flexibility index (Phi) is 2.53. The molecule has 1 rings (SSSR count). The fraction of sp³-hybridized carbons (Fsp3) is 0.400. The second-order valence-electron chi connectivity index (χ2n) is 3.05. The molecule has 0 aromatic carbocycles. The Hall–Kier alpha value is -0.980. The summed E-state index contributed by atoms with van der Waals surface area (Å²) < 4.78 is 0. The van der Waals surface area contributed by atoms with Crippen molar-refractivity contribution in [1.29, 1.82) is 0 Å². The Morgan fingerprint density at radius 2 is 2.45 bits per heavy atom. The zero-order valence-electron chi connectivity index (χ0n) is 7.01. The van der Waals surface area contributed by atoms with Gasteiger partial charge in [0.05, 0.1) is 0 Å². The van der Waals surface area contributed by atoms with Crippen LogP contribution in [0.5, 0.6) is 0 Å². The Morgan fingerprint density at radius 3 is 3.00 bits per heavy atom. The molecule has 2 unspecified atom stereocenters. The molecule has 0 radical (unpaired) electrons. The lowest BCUT2D eigenvalue weighted by Crippen LogP contribution is -2.27. The minimum atomic E-state index is 0.490. The van der Waals surface area contributed by atoms with E-state index in [-0.39, 0.29) is 0 Å². The van der Waals surface area contributed by atoms with Gasteiger partial charge in [-0.15, -0.1) is 0 Å². The summed E-state index contributed by atoms with van der Waals surface area (Å²) in [7, 11) is 0. The average Bonchev–Trinajstić information content (AvgIpc) is 2.03. The third-order valence-corrected chi connectivity index (χ3v) is 2.06. The lowest BCUT2D eigenvalue weighted by molar-refractivity contribution is 0.504. The van der Waals surface area contributed by atoms with Crippen LogP contribution in [-0.4, -0.2) is 6.04 Å². The molecule has 60 valence electrons. The minimum Gasteiger partial charge on any atom is -0.389 e. The first-order valence-corrected chi connectivity index (χ1v) is 3.98. The van der Waals surface area contributed by atoms with E-state index in [1.807, 2.05) is 12.3 Å². The van der Waals surface area contributed by atoms with Gasteiger partial charge >= 0.3 is 0 Å². The van der Waals surface area contributed by atoms with E-state index in [9.17, 15) is 0 Å². The third kappa shape index (κ3) is 1.97. The molecule has 2 atom stereocenters. The van der Waals surface area contributed by atoms with Gasteiger partial charge in [0, 0.05) is 12.0 Å². The molecule has 1 aliphatic heterocycles. The van der Waals surface area contributed by atoms with Crippen LogP contribution in [0.25, 0.3) is 0 Å². The van der Waals surface area contributed by atoms with Crippen LogP contribution < -0.4 is 5.32 Å². The molecule has 0 saturated heterocycles. The van der Waals surface area contributed by atoms with Gasteiger partial charge in [-0.3, -0.25) is 0 Å². The summed E-state index contributed by atoms with van der Waals surface area (Å²) in [6, 6.07) is 0.557. The Balaban J connectivity index is 2.59. The van der Waals surface area contributed by atoms with Crippen LogP contribution in [0, 0.1) is 5.92 Å². The lowest BCUT2D eigenvalue weighted by Gasteiger charge is -2.23. The van der Waals surface area contributed by atoms with Crippen LogP contribution >= 0.6 is 0 Å². The zero-order valence-corrected chi connectivity index (χ0v) is 7.01. The maximum Gasteiger partial charge on any atom is 0.0236 e. The van der Waals surface area contributed by atoms with Crippen molar-refractivity contribution in [2.75, 3.05) is 0 Å². The summed E-state index contributed by atoms with van der Waals surface area (Å²) in [5, 5.41) is 3.23. The molecule has 0 fully saturated rings. The molecular formula is C10H15N. The monoisotopic (exact) mass is 149 g/mol. The predicted molar refractivity (Wildman–Crippen MR) is 49.2 cm³/mol. The van der Waals surface area contributed by atoms with E-state index >= 15 is 0 Å². The molecule has 0 aromatic rings. The van der Waals surface area contributed by atoms with Gasteiger partial charge in [0.25, 0.3) is 0 Å². The zero-order chi connectivity index (χ0) is 8.27. The highest BCUT2D eigenvalue weighted by Crippen LogP contribution is 2.20. The summed E-state index contributed by atoms with van der Waals surface area (Å²) in [4.78, 5) is 0. The van der Waals surface area contributed by atoms with Gasteiger partial charge in [0.2, 0.25) is 0 Å². The van der Waals surface area contributed by atoms with Gasteiger partial charge in [-0.1, -0.05) is 25.3 Å². The van der Waals surface area contributed by atoms with Crippen LogP contribution in [0.15, 0.2) is 37.1 Å². The fourth-order valence-corrected chi connectivity index (χ4v) is 1.29. The Labute approximate surface area is 68.5 Å². The highest BCUT2D eigenvalue weighted by Gasteiger charge is 2.14. The number of nitrogens with one attached hydrogen (secondary N) is 1. The van der Waals surface area contributed by atoms with E-state index in [4.69, 9.17) is 0 Å². The molecule has 1 heteroatoms. The van der Waals surface area contributed by atoms with Crippen molar-refractivity contribution in [1.82, 2.24) is 5.32 Å². The van der Waals surface area contributed by atoms with Crippen molar-refractivity contribution in [3.05, 3.63) is 37.1 Å². The van der Waals surface area contributed by atoms with E-state index in [1.165, 1.54) is 0 Å². The van der Waals surface area contributed by atoms with Gasteiger partial charge in [-0.05, 0) is 25.1 Å². The average molecular weight is 149 g/mol. The summed E-state index contributed by atoms with van der Waals surface area (Å²) >= 11 is 0. The molecule has 0 saturated carbocycles. The molecule has 0 aliphatic carbocycles. The quantitative estimate of drug-likeness (QED) is 0.594. The topological polar surface area (TPSA) is 12.0 Å². The van der Waals surface area contributed by atoms with Crippen molar-refractivity contribution in [3.63, 3.8) is 0 Å².